The van der Waals surface area contributed by atoms with E-state index < -0.39 is 0 Å². The Labute approximate surface area is 121 Å². The van der Waals surface area contributed by atoms with Crippen LogP contribution in [0.2, 0.25) is 0 Å². The van der Waals surface area contributed by atoms with Gasteiger partial charge in [-0.15, -0.1) is 0 Å². The first-order valence-corrected chi connectivity index (χ1v) is 6.97. The van der Waals surface area contributed by atoms with Gasteiger partial charge < -0.3 is 10.3 Å². The van der Waals surface area contributed by atoms with Gasteiger partial charge in [-0.1, -0.05) is 30.3 Å². The number of nitrogen functional groups attached to an aromatic ring is 1. The summed E-state index contributed by atoms with van der Waals surface area (Å²) in [4.78, 5) is 4.45. The number of hydrogen-bond donors (Lipinski definition) is 1. The molecule has 21 heavy (non-hydrogen) atoms. The van der Waals surface area contributed by atoms with Crippen LogP contribution in [-0.4, -0.2) is 19.9 Å². The van der Waals surface area contributed by atoms with Crippen LogP contribution in [0.1, 0.15) is 25.1 Å². The maximum absolute atomic E-state index is 6.17. The number of aromatic nitrogens is 4. The molecule has 4 rings (SSSR count). The number of para-hydroxylation sites is 1. The van der Waals surface area contributed by atoms with Crippen LogP contribution >= 0.6 is 0 Å². The first-order valence-electron chi connectivity index (χ1n) is 6.97. The van der Waals surface area contributed by atoms with Gasteiger partial charge in [0, 0.05) is 5.92 Å². The molecule has 3 aromatic rings. The Morgan fingerprint density at radius 2 is 2.05 bits per heavy atom. The van der Waals surface area contributed by atoms with E-state index in [1.54, 1.807) is 10.9 Å². The molecule has 2 unspecified atom stereocenters. The molecular weight excluding hydrogens is 266 g/mol. The molecule has 1 aliphatic carbocycles. The summed E-state index contributed by atoms with van der Waals surface area (Å²) in [6.07, 6.45) is 2.79. The highest BCUT2D eigenvalue weighted by Crippen LogP contribution is 2.46. The number of nitrogens with zero attached hydrogens (tertiary/aromatic N) is 4. The molecule has 106 valence electrons. The maximum Gasteiger partial charge on any atom is 0.263 e. The average Bonchev–Trinajstić information content (AvgIpc) is 2.91. The summed E-state index contributed by atoms with van der Waals surface area (Å²) >= 11 is 0. The predicted octanol–water partition coefficient (Wildman–Crippen LogP) is 2.63. The Hall–Kier alpha value is -2.63. The fraction of sp³-hybridized carbons (Fsp3) is 0.267. The van der Waals surface area contributed by atoms with Gasteiger partial charge in [0.15, 0.2) is 5.82 Å². The van der Waals surface area contributed by atoms with Crippen molar-refractivity contribution in [3.05, 3.63) is 42.4 Å². The molecular formula is C15H15N5O. The fourth-order valence-electron chi connectivity index (χ4n) is 2.47. The summed E-state index contributed by atoms with van der Waals surface area (Å²) in [5.74, 6) is 2.76. The van der Waals surface area contributed by atoms with Gasteiger partial charge in [0.2, 0.25) is 0 Å². The van der Waals surface area contributed by atoms with Crippen molar-refractivity contribution in [3.63, 3.8) is 0 Å². The van der Waals surface area contributed by atoms with Crippen molar-refractivity contribution in [1.82, 2.24) is 19.9 Å². The largest absolute Gasteiger partial charge is 0.383 e. The molecule has 2 N–H and O–H groups in total. The van der Waals surface area contributed by atoms with E-state index in [1.165, 1.54) is 0 Å². The lowest BCUT2D eigenvalue weighted by Crippen LogP contribution is -2.01. The molecule has 1 aromatic carbocycles. The monoisotopic (exact) mass is 281 g/mol. The minimum Gasteiger partial charge on any atom is -0.383 e. The SMILES string of the molecule is CC1CC1c1noc(-c2cnn(-c3ccccc3)c2N)n1. The van der Waals surface area contributed by atoms with E-state index in [-0.39, 0.29) is 0 Å². The van der Waals surface area contributed by atoms with Gasteiger partial charge in [-0.3, -0.25) is 0 Å². The quantitative estimate of drug-likeness (QED) is 0.798. The minimum atomic E-state index is 0.424. The van der Waals surface area contributed by atoms with Gasteiger partial charge in [0.05, 0.1) is 11.9 Å². The van der Waals surface area contributed by atoms with Crippen molar-refractivity contribution in [1.29, 1.82) is 0 Å². The summed E-state index contributed by atoms with van der Waals surface area (Å²) in [6, 6.07) is 9.71. The number of anilines is 1. The summed E-state index contributed by atoms with van der Waals surface area (Å²) in [5, 5.41) is 8.36. The molecule has 0 saturated heterocycles. The Balaban J connectivity index is 1.70. The molecule has 1 aliphatic rings. The average molecular weight is 281 g/mol. The van der Waals surface area contributed by atoms with Gasteiger partial charge in [-0.05, 0) is 24.5 Å². The molecule has 2 aromatic heterocycles. The second-order valence-electron chi connectivity index (χ2n) is 5.47. The number of nitrogens with two attached hydrogens (primary N) is 1. The molecule has 6 nitrogen and oxygen atoms in total. The van der Waals surface area contributed by atoms with Gasteiger partial charge in [0.1, 0.15) is 11.4 Å². The lowest BCUT2D eigenvalue weighted by Gasteiger charge is -2.03. The first kappa shape index (κ1) is 12.1. The molecule has 0 aliphatic heterocycles. The maximum atomic E-state index is 6.17. The second kappa shape index (κ2) is 4.44. The zero-order valence-corrected chi connectivity index (χ0v) is 11.6. The standard InChI is InChI=1S/C15H15N5O/c1-9-7-11(9)14-18-15(21-19-14)12-8-17-20(13(12)16)10-5-3-2-4-6-10/h2-6,8-9,11H,7,16H2,1H3. The van der Waals surface area contributed by atoms with Crippen molar-refractivity contribution in [2.75, 3.05) is 5.73 Å². The molecule has 1 saturated carbocycles. The third-order valence-electron chi connectivity index (χ3n) is 3.92. The predicted molar refractivity (Wildman–Crippen MR) is 77.8 cm³/mol. The van der Waals surface area contributed by atoms with Gasteiger partial charge in [-0.25, -0.2) is 4.68 Å². The highest BCUT2D eigenvalue weighted by molar-refractivity contribution is 5.68. The Morgan fingerprint density at radius 1 is 1.29 bits per heavy atom. The molecule has 1 fully saturated rings. The summed E-state index contributed by atoms with van der Waals surface area (Å²) in [5.41, 5.74) is 7.74. The van der Waals surface area contributed by atoms with E-state index in [9.17, 15) is 0 Å². The van der Waals surface area contributed by atoms with Crippen LogP contribution in [0, 0.1) is 5.92 Å². The molecule has 0 spiro atoms. The van der Waals surface area contributed by atoms with Crippen LogP contribution in [0.5, 0.6) is 0 Å². The molecule has 0 radical (unpaired) electrons. The third-order valence-corrected chi connectivity index (χ3v) is 3.92. The van der Waals surface area contributed by atoms with Crippen molar-refractivity contribution in [3.8, 4) is 17.1 Å². The Morgan fingerprint density at radius 3 is 2.76 bits per heavy atom. The summed E-state index contributed by atoms with van der Waals surface area (Å²) in [7, 11) is 0. The Kier molecular flexibility index (Phi) is 2.57. The molecule has 2 atom stereocenters. The van der Waals surface area contributed by atoms with Crippen molar-refractivity contribution >= 4 is 5.82 Å². The summed E-state index contributed by atoms with van der Waals surface area (Å²) < 4.78 is 7.00. The zero-order valence-electron chi connectivity index (χ0n) is 11.6. The van der Waals surface area contributed by atoms with E-state index in [1.807, 2.05) is 30.3 Å². The van der Waals surface area contributed by atoms with E-state index >= 15 is 0 Å². The fourth-order valence-corrected chi connectivity index (χ4v) is 2.47. The van der Waals surface area contributed by atoms with Crippen LogP contribution in [0.25, 0.3) is 17.1 Å². The summed E-state index contributed by atoms with van der Waals surface area (Å²) in [6.45, 7) is 2.18. The van der Waals surface area contributed by atoms with Gasteiger partial charge >= 0.3 is 0 Å². The van der Waals surface area contributed by atoms with Crippen LogP contribution in [0.4, 0.5) is 5.82 Å². The van der Waals surface area contributed by atoms with E-state index in [0.29, 0.717) is 29.1 Å². The van der Waals surface area contributed by atoms with Crippen molar-refractivity contribution in [2.45, 2.75) is 19.3 Å². The smallest absolute Gasteiger partial charge is 0.263 e. The minimum absolute atomic E-state index is 0.424. The van der Waals surface area contributed by atoms with Gasteiger partial charge in [0.25, 0.3) is 5.89 Å². The normalized spacial score (nSPS) is 20.6. The third kappa shape index (κ3) is 1.99. The van der Waals surface area contributed by atoms with Crippen molar-refractivity contribution < 1.29 is 4.52 Å². The van der Waals surface area contributed by atoms with Crippen LogP contribution in [-0.2, 0) is 0 Å². The zero-order chi connectivity index (χ0) is 14.4. The lowest BCUT2D eigenvalue weighted by molar-refractivity contribution is 0.422. The van der Waals surface area contributed by atoms with E-state index in [2.05, 4.69) is 22.2 Å². The van der Waals surface area contributed by atoms with Crippen LogP contribution < -0.4 is 5.73 Å². The highest BCUT2D eigenvalue weighted by Gasteiger charge is 2.38. The second-order valence-corrected chi connectivity index (χ2v) is 5.47. The highest BCUT2D eigenvalue weighted by atomic mass is 16.5. The molecule has 2 heterocycles. The molecule has 0 amide bonds. The van der Waals surface area contributed by atoms with E-state index in [0.717, 1.165) is 17.9 Å². The number of rotatable bonds is 3. The lowest BCUT2D eigenvalue weighted by atomic mass is 10.3. The number of benzene rings is 1. The first-order chi connectivity index (χ1) is 10.2. The Bertz CT molecular complexity index is 776. The van der Waals surface area contributed by atoms with Crippen LogP contribution in [0.15, 0.2) is 41.1 Å². The van der Waals surface area contributed by atoms with Gasteiger partial charge in [-0.2, -0.15) is 10.1 Å². The van der Waals surface area contributed by atoms with Crippen molar-refractivity contribution in [2.24, 2.45) is 5.92 Å². The molecule has 6 heteroatoms. The topological polar surface area (TPSA) is 82.8 Å². The number of hydrogen-bond acceptors (Lipinski definition) is 5. The van der Waals surface area contributed by atoms with Crippen LogP contribution in [0.3, 0.4) is 0 Å². The van der Waals surface area contributed by atoms with E-state index in [4.69, 9.17) is 10.3 Å². The molecule has 0 bridgehead atoms.